The summed E-state index contributed by atoms with van der Waals surface area (Å²) >= 11 is 0. The molecule has 1 amide bonds. The van der Waals surface area contributed by atoms with Crippen molar-refractivity contribution in [3.63, 3.8) is 0 Å². The molecule has 2 aliphatic heterocycles. The van der Waals surface area contributed by atoms with Gasteiger partial charge in [0.05, 0.1) is 5.41 Å². The van der Waals surface area contributed by atoms with Crippen LogP contribution in [0.3, 0.4) is 0 Å². The third kappa shape index (κ3) is 3.75. The van der Waals surface area contributed by atoms with Gasteiger partial charge in [-0.3, -0.25) is 4.79 Å². The van der Waals surface area contributed by atoms with E-state index >= 15 is 0 Å². The molecule has 126 valence electrons. The number of amides is 1. The van der Waals surface area contributed by atoms with Crippen LogP contribution in [0.15, 0.2) is 30.3 Å². The van der Waals surface area contributed by atoms with Gasteiger partial charge in [0.1, 0.15) is 0 Å². The van der Waals surface area contributed by atoms with Crippen LogP contribution in [0.1, 0.15) is 31.2 Å². The predicted molar refractivity (Wildman–Crippen MR) is 89.0 cm³/mol. The Morgan fingerprint density at radius 3 is 2.43 bits per heavy atom. The minimum Gasteiger partial charge on any atom is -0.396 e. The van der Waals surface area contributed by atoms with E-state index in [0.717, 1.165) is 45.2 Å². The second kappa shape index (κ2) is 7.45. The zero-order chi connectivity index (χ0) is 16.1. The van der Waals surface area contributed by atoms with Gasteiger partial charge in [-0.05, 0) is 43.6 Å². The molecule has 1 aromatic carbocycles. The molecule has 4 heteroatoms. The van der Waals surface area contributed by atoms with Crippen LogP contribution in [0.5, 0.6) is 0 Å². The zero-order valence-corrected chi connectivity index (χ0v) is 13.7. The third-order valence-corrected chi connectivity index (χ3v) is 5.45. The fourth-order valence-corrected chi connectivity index (χ4v) is 3.87. The van der Waals surface area contributed by atoms with Crippen LogP contribution in [-0.4, -0.2) is 48.8 Å². The number of aliphatic hydroxyl groups excluding tert-OH is 1. The molecule has 3 rings (SSSR count). The summed E-state index contributed by atoms with van der Waals surface area (Å²) in [5.41, 5.74) is 0.916. The molecule has 23 heavy (non-hydrogen) atoms. The van der Waals surface area contributed by atoms with Gasteiger partial charge < -0.3 is 14.7 Å². The highest BCUT2D eigenvalue weighted by Crippen LogP contribution is 2.37. The van der Waals surface area contributed by atoms with Gasteiger partial charge in [0.15, 0.2) is 0 Å². The minimum atomic E-state index is -0.314. The molecule has 0 unspecified atom stereocenters. The molecular formula is C19H27NO3. The van der Waals surface area contributed by atoms with Crippen LogP contribution < -0.4 is 0 Å². The second-order valence-corrected chi connectivity index (χ2v) is 6.97. The van der Waals surface area contributed by atoms with Crippen LogP contribution >= 0.6 is 0 Å². The maximum absolute atomic E-state index is 13.3. The minimum absolute atomic E-state index is 0.241. The lowest BCUT2D eigenvalue weighted by Gasteiger charge is -2.42. The van der Waals surface area contributed by atoms with Gasteiger partial charge in [0.25, 0.3) is 0 Å². The van der Waals surface area contributed by atoms with Gasteiger partial charge in [-0.15, -0.1) is 0 Å². The summed E-state index contributed by atoms with van der Waals surface area (Å²) in [6, 6.07) is 10.3. The largest absolute Gasteiger partial charge is 0.396 e. The number of carbonyl (C=O) groups excluding carboxylic acids is 1. The molecule has 0 saturated carbocycles. The summed E-state index contributed by atoms with van der Waals surface area (Å²) in [7, 11) is 0. The molecule has 2 aliphatic rings. The Morgan fingerprint density at radius 1 is 1.17 bits per heavy atom. The molecule has 0 radical (unpaired) electrons. The van der Waals surface area contributed by atoms with Crippen LogP contribution in [0.4, 0.5) is 0 Å². The average molecular weight is 317 g/mol. The maximum atomic E-state index is 13.3. The number of hydrogen-bond acceptors (Lipinski definition) is 3. The Kier molecular flexibility index (Phi) is 5.34. The van der Waals surface area contributed by atoms with Crippen LogP contribution in [-0.2, 0) is 16.0 Å². The number of aliphatic hydroxyl groups is 1. The fraction of sp³-hybridized carbons (Fsp3) is 0.632. The van der Waals surface area contributed by atoms with Crippen molar-refractivity contribution in [3.05, 3.63) is 35.9 Å². The van der Waals surface area contributed by atoms with E-state index in [1.165, 1.54) is 5.56 Å². The van der Waals surface area contributed by atoms with Gasteiger partial charge in [-0.1, -0.05) is 30.3 Å². The van der Waals surface area contributed by atoms with Gasteiger partial charge in [-0.2, -0.15) is 0 Å². The van der Waals surface area contributed by atoms with E-state index in [0.29, 0.717) is 25.0 Å². The lowest BCUT2D eigenvalue weighted by atomic mass is 9.73. The molecule has 2 fully saturated rings. The van der Waals surface area contributed by atoms with Crippen molar-refractivity contribution < 1.29 is 14.6 Å². The smallest absolute Gasteiger partial charge is 0.229 e. The zero-order valence-electron chi connectivity index (χ0n) is 13.7. The van der Waals surface area contributed by atoms with E-state index < -0.39 is 0 Å². The summed E-state index contributed by atoms with van der Waals surface area (Å²) < 4.78 is 5.53. The molecule has 4 nitrogen and oxygen atoms in total. The van der Waals surface area contributed by atoms with E-state index in [9.17, 15) is 9.90 Å². The Bertz CT molecular complexity index is 503. The summed E-state index contributed by atoms with van der Waals surface area (Å²) in [5, 5.41) is 9.29. The predicted octanol–water partition coefficient (Wildman–Crippen LogP) is 2.26. The average Bonchev–Trinajstić information content (AvgIpc) is 2.63. The van der Waals surface area contributed by atoms with Crippen molar-refractivity contribution in [1.82, 2.24) is 4.90 Å². The molecule has 0 aliphatic carbocycles. The van der Waals surface area contributed by atoms with E-state index in [-0.39, 0.29) is 12.0 Å². The Hall–Kier alpha value is -1.39. The highest BCUT2D eigenvalue weighted by Gasteiger charge is 2.43. The van der Waals surface area contributed by atoms with Crippen LogP contribution in [0.2, 0.25) is 0 Å². The van der Waals surface area contributed by atoms with Crippen molar-refractivity contribution in [2.75, 3.05) is 32.9 Å². The number of hydrogen-bond donors (Lipinski definition) is 1. The van der Waals surface area contributed by atoms with Crippen molar-refractivity contribution in [3.8, 4) is 0 Å². The van der Waals surface area contributed by atoms with E-state index in [1.807, 2.05) is 23.1 Å². The fourth-order valence-electron chi connectivity index (χ4n) is 3.87. The van der Waals surface area contributed by atoms with Crippen molar-refractivity contribution >= 4 is 5.91 Å². The first-order valence-electron chi connectivity index (χ1n) is 8.75. The highest BCUT2D eigenvalue weighted by molar-refractivity contribution is 5.83. The summed E-state index contributed by atoms with van der Waals surface area (Å²) in [5.74, 6) is 0.653. The number of rotatable bonds is 4. The number of ether oxygens (including phenoxy) is 1. The number of carbonyl (C=O) groups is 1. The van der Waals surface area contributed by atoms with Crippen molar-refractivity contribution in [2.24, 2.45) is 11.3 Å². The number of piperidine rings is 1. The summed E-state index contributed by atoms with van der Waals surface area (Å²) in [6.07, 6.45) is 4.25. The molecular weight excluding hydrogens is 290 g/mol. The standard InChI is InChI=1S/C19H27NO3/c21-15-17-6-10-20(11-7-17)18(22)19(8-12-23-13-9-19)14-16-4-2-1-3-5-16/h1-5,17,21H,6-15H2. The number of benzene rings is 1. The normalized spacial score (nSPS) is 22.0. The Balaban J connectivity index is 1.74. The number of nitrogens with zero attached hydrogens (tertiary/aromatic N) is 1. The molecule has 2 heterocycles. The molecule has 1 N–H and O–H groups in total. The monoisotopic (exact) mass is 317 g/mol. The lowest BCUT2D eigenvalue weighted by Crippen LogP contribution is -2.50. The highest BCUT2D eigenvalue weighted by atomic mass is 16.5. The first-order valence-corrected chi connectivity index (χ1v) is 8.75. The first-order chi connectivity index (χ1) is 11.2. The molecule has 2 saturated heterocycles. The Labute approximate surface area is 138 Å². The van der Waals surface area contributed by atoms with Crippen LogP contribution in [0, 0.1) is 11.3 Å². The SMILES string of the molecule is O=C(N1CCC(CO)CC1)C1(Cc2ccccc2)CCOCC1. The van der Waals surface area contributed by atoms with Crippen LogP contribution in [0.25, 0.3) is 0 Å². The first kappa shape index (κ1) is 16.5. The molecule has 0 aromatic heterocycles. The summed E-state index contributed by atoms with van der Waals surface area (Å²) in [4.78, 5) is 15.3. The van der Waals surface area contributed by atoms with E-state index in [1.54, 1.807) is 0 Å². The van der Waals surface area contributed by atoms with Gasteiger partial charge >= 0.3 is 0 Å². The molecule has 0 atom stereocenters. The second-order valence-electron chi connectivity index (χ2n) is 6.97. The topological polar surface area (TPSA) is 49.8 Å². The molecule has 0 spiro atoms. The van der Waals surface area contributed by atoms with Gasteiger partial charge in [0, 0.05) is 32.9 Å². The molecule has 0 bridgehead atoms. The van der Waals surface area contributed by atoms with Crippen molar-refractivity contribution in [1.29, 1.82) is 0 Å². The third-order valence-electron chi connectivity index (χ3n) is 5.45. The molecule has 1 aromatic rings. The lowest BCUT2D eigenvalue weighted by molar-refractivity contribution is -0.149. The van der Waals surface area contributed by atoms with Gasteiger partial charge in [-0.25, -0.2) is 0 Å². The van der Waals surface area contributed by atoms with E-state index in [4.69, 9.17) is 4.74 Å². The van der Waals surface area contributed by atoms with Gasteiger partial charge in [0.2, 0.25) is 5.91 Å². The van der Waals surface area contributed by atoms with Crippen molar-refractivity contribution in [2.45, 2.75) is 32.1 Å². The summed E-state index contributed by atoms with van der Waals surface area (Å²) in [6.45, 7) is 3.14. The quantitative estimate of drug-likeness (QED) is 0.927. The number of likely N-dealkylation sites (tertiary alicyclic amines) is 1. The Morgan fingerprint density at radius 2 is 1.83 bits per heavy atom. The van der Waals surface area contributed by atoms with E-state index in [2.05, 4.69) is 12.1 Å². The maximum Gasteiger partial charge on any atom is 0.229 e.